The van der Waals surface area contributed by atoms with Crippen LogP contribution in [0, 0.1) is 11.8 Å². The number of nitrogens with zero attached hydrogens (tertiary/aromatic N) is 2. The zero-order chi connectivity index (χ0) is 49.0. The number of alkyl carbamates (subject to hydrolysis) is 1. The molecule has 0 bridgehead atoms. The molecule has 12 nitrogen and oxygen atoms in total. The summed E-state index contributed by atoms with van der Waals surface area (Å²) in [6.45, 7) is 20.3. The van der Waals surface area contributed by atoms with Crippen molar-refractivity contribution < 1.29 is 51.0 Å². The zero-order valence-corrected chi connectivity index (χ0v) is 41.5. The number of halogens is 3. The molecule has 1 aliphatic rings. The van der Waals surface area contributed by atoms with Crippen LogP contribution >= 0.6 is 0 Å². The molecule has 2 N–H and O–H groups in total. The lowest BCUT2D eigenvalue weighted by Crippen LogP contribution is -2.57. The summed E-state index contributed by atoms with van der Waals surface area (Å²) < 4.78 is 61.9. The highest BCUT2D eigenvalue weighted by atomic mass is 28.4. The van der Waals surface area contributed by atoms with Gasteiger partial charge in [0, 0.05) is 32.1 Å². The minimum atomic E-state index is -4.88. The molecule has 364 valence electrons. The van der Waals surface area contributed by atoms with Crippen molar-refractivity contribution in [2.24, 2.45) is 11.8 Å². The molecule has 4 rings (SSSR count). The Morgan fingerprint density at radius 3 is 1.85 bits per heavy atom. The fourth-order valence-corrected chi connectivity index (χ4v) is 8.92. The lowest BCUT2D eigenvalue weighted by atomic mass is 9.88. The lowest BCUT2D eigenvalue weighted by molar-refractivity contribution is -0.274. The molecule has 0 aliphatic carbocycles. The normalized spacial score (nSPS) is 15.8. The predicted octanol–water partition coefficient (Wildman–Crippen LogP) is 10.1. The summed E-state index contributed by atoms with van der Waals surface area (Å²) in [7, 11) is -0.948. The van der Waals surface area contributed by atoms with Gasteiger partial charge < -0.3 is 39.1 Å². The second-order valence-electron chi connectivity index (χ2n) is 20.1. The van der Waals surface area contributed by atoms with Gasteiger partial charge in [-0.2, -0.15) is 0 Å². The number of rotatable bonds is 18. The number of nitrogens with one attached hydrogen (secondary N) is 2. The van der Waals surface area contributed by atoms with Crippen molar-refractivity contribution in [2.45, 2.75) is 148 Å². The van der Waals surface area contributed by atoms with E-state index in [4.69, 9.17) is 13.9 Å². The molecule has 4 amide bonds. The van der Waals surface area contributed by atoms with E-state index in [2.05, 4.69) is 49.2 Å². The van der Waals surface area contributed by atoms with Crippen LogP contribution in [0.4, 0.5) is 22.8 Å². The van der Waals surface area contributed by atoms with Crippen molar-refractivity contribution in [3.63, 3.8) is 0 Å². The van der Waals surface area contributed by atoms with Crippen molar-refractivity contribution in [3.8, 4) is 5.75 Å². The molecule has 1 fully saturated rings. The minimum Gasteiger partial charge on any atom is -0.445 e. The number of hydrogen-bond acceptors (Lipinski definition) is 8. The van der Waals surface area contributed by atoms with E-state index in [1.54, 1.807) is 37.6 Å². The van der Waals surface area contributed by atoms with Gasteiger partial charge in [-0.15, -0.1) is 13.2 Å². The second-order valence-corrected chi connectivity index (χ2v) is 24.9. The molecule has 4 atom stereocenters. The van der Waals surface area contributed by atoms with E-state index in [0.717, 1.165) is 11.1 Å². The summed E-state index contributed by atoms with van der Waals surface area (Å²) in [6.07, 6.45) is -5.25. The van der Waals surface area contributed by atoms with Gasteiger partial charge in [-0.1, -0.05) is 107 Å². The number of carbonyl (C=O) groups is 4. The molecule has 0 aromatic heterocycles. The van der Waals surface area contributed by atoms with Crippen molar-refractivity contribution in [2.75, 3.05) is 20.1 Å². The summed E-state index contributed by atoms with van der Waals surface area (Å²) in [5.41, 5.74) is 1.53. The standard InChI is InChI=1S/C50H71F3N4O8Si/c1-34(2)43(45(59)57-28-26-39(27-29-57)56(9)47(61)62-33-37-20-16-13-17-21-37)55-44(58)38(30-36-22-24-40(25-23-36)63-50(51,52)53)32-42(65-66(10,11)49(6,7)8)41(31-35-18-14-12-15-19-35)54-46(60)64-48(3,4)5/h12-25,34,38-39,41-43H,26-33H2,1-11H3,(H,54,60)(H,55,58)/t38?,41?,42?,43-/m0/s1. The quantitative estimate of drug-likeness (QED) is 0.120. The number of hydrogen-bond donors (Lipinski definition) is 2. The molecule has 0 radical (unpaired) electrons. The van der Waals surface area contributed by atoms with Gasteiger partial charge in [0.15, 0.2) is 8.32 Å². The first-order valence-electron chi connectivity index (χ1n) is 22.8. The largest absolute Gasteiger partial charge is 0.573 e. The summed E-state index contributed by atoms with van der Waals surface area (Å²) in [5.74, 6) is -2.33. The van der Waals surface area contributed by atoms with Crippen LogP contribution in [0.25, 0.3) is 0 Å². The predicted molar refractivity (Wildman–Crippen MR) is 251 cm³/mol. The second kappa shape index (κ2) is 23.1. The molecule has 66 heavy (non-hydrogen) atoms. The first kappa shape index (κ1) is 53.5. The molecule has 0 spiro atoms. The van der Waals surface area contributed by atoms with Crippen molar-refractivity contribution in [1.82, 2.24) is 20.4 Å². The number of likely N-dealkylation sites (tertiary alicyclic amines) is 1. The van der Waals surface area contributed by atoms with Gasteiger partial charge in [0.1, 0.15) is 24.0 Å². The number of ether oxygens (including phenoxy) is 3. The van der Waals surface area contributed by atoms with Gasteiger partial charge in [-0.25, -0.2) is 9.59 Å². The zero-order valence-electron chi connectivity index (χ0n) is 40.5. The Kier molecular flexibility index (Phi) is 18.7. The highest BCUT2D eigenvalue weighted by Gasteiger charge is 2.43. The van der Waals surface area contributed by atoms with Crippen molar-refractivity contribution in [1.29, 1.82) is 0 Å². The fraction of sp³-hybridized carbons (Fsp3) is 0.560. The van der Waals surface area contributed by atoms with Crippen LogP contribution in [0.1, 0.15) is 91.3 Å². The maximum atomic E-state index is 14.9. The van der Waals surface area contributed by atoms with Gasteiger partial charge in [0.2, 0.25) is 11.8 Å². The molecular formula is C50H71F3N4O8Si. The third kappa shape index (κ3) is 17.0. The Balaban J connectivity index is 1.64. The number of benzene rings is 3. The molecule has 1 aliphatic heterocycles. The maximum absolute atomic E-state index is 14.9. The molecular weight excluding hydrogens is 870 g/mol. The number of amides is 4. The smallest absolute Gasteiger partial charge is 0.445 e. The summed E-state index contributed by atoms with van der Waals surface area (Å²) in [6, 6.07) is 22.6. The number of piperidine rings is 1. The maximum Gasteiger partial charge on any atom is 0.573 e. The monoisotopic (exact) mass is 940 g/mol. The van der Waals surface area contributed by atoms with E-state index in [9.17, 15) is 32.3 Å². The number of carbonyl (C=O) groups excluding carboxylic acids is 4. The van der Waals surface area contributed by atoms with Gasteiger partial charge >= 0.3 is 18.5 Å². The Hall–Kier alpha value is -5.09. The van der Waals surface area contributed by atoms with E-state index < -0.39 is 68.2 Å². The van der Waals surface area contributed by atoms with Crippen LogP contribution in [0.3, 0.4) is 0 Å². The van der Waals surface area contributed by atoms with Crippen LogP contribution in [-0.2, 0) is 42.9 Å². The summed E-state index contributed by atoms with van der Waals surface area (Å²) in [5, 5.41) is 5.87. The van der Waals surface area contributed by atoms with Gasteiger partial charge in [0.25, 0.3) is 0 Å². The Bertz CT molecular complexity index is 2020. The van der Waals surface area contributed by atoms with Crippen molar-refractivity contribution >= 4 is 32.3 Å². The van der Waals surface area contributed by atoms with Crippen LogP contribution < -0.4 is 15.4 Å². The third-order valence-electron chi connectivity index (χ3n) is 12.3. The van der Waals surface area contributed by atoms with Gasteiger partial charge in [-0.3, -0.25) is 9.59 Å². The fourth-order valence-electron chi connectivity index (χ4n) is 7.55. The highest BCUT2D eigenvalue weighted by Crippen LogP contribution is 2.39. The molecule has 1 saturated heterocycles. The molecule has 3 aromatic rings. The SMILES string of the molecule is CC(C)[C@H](NC(=O)C(Cc1ccc(OC(F)(F)F)cc1)CC(O[Si](C)(C)C(C)(C)C)C(Cc1ccccc1)NC(=O)OC(C)(C)C)C(=O)N1CCC(N(C)C(=O)OCc2ccccc2)CC1. The van der Waals surface area contributed by atoms with Crippen LogP contribution in [0.15, 0.2) is 84.9 Å². The summed E-state index contributed by atoms with van der Waals surface area (Å²) in [4.78, 5) is 59.1. The van der Waals surface area contributed by atoms with E-state index in [-0.39, 0.29) is 42.4 Å². The highest BCUT2D eigenvalue weighted by molar-refractivity contribution is 6.74. The van der Waals surface area contributed by atoms with Gasteiger partial charge in [0.05, 0.1) is 12.1 Å². The van der Waals surface area contributed by atoms with Crippen LogP contribution in [0.2, 0.25) is 18.1 Å². The molecule has 16 heteroatoms. The molecule has 1 heterocycles. The average molecular weight is 941 g/mol. The minimum absolute atomic E-state index is 0.0666. The van der Waals surface area contributed by atoms with Gasteiger partial charge in [-0.05, 0) is 106 Å². The Morgan fingerprint density at radius 2 is 1.33 bits per heavy atom. The molecule has 3 unspecified atom stereocenters. The number of alkyl halides is 3. The Labute approximate surface area is 390 Å². The van der Waals surface area contributed by atoms with E-state index >= 15 is 0 Å². The molecule has 0 saturated carbocycles. The van der Waals surface area contributed by atoms with Crippen LogP contribution in [-0.4, -0.2) is 98.4 Å². The Morgan fingerprint density at radius 1 is 0.788 bits per heavy atom. The lowest BCUT2D eigenvalue weighted by Gasteiger charge is -2.42. The average Bonchev–Trinajstić information content (AvgIpc) is 3.23. The topological polar surface area (TPSA) is 136 Å². The third-order valence-corrected chi connectivity index (χ3v) is 16.8. The van der Waals surface area contributed by atoms with E-state index in [1.165, 1.54) is 24.3 Å². The van der Waals surface area contributed by atoms with Crippen molar-refractivity contribution in [3.05, 3.63) is 102 Å². The van der Waals surface area contributed by atoms with Crippen LogP contribution in [0.5, 0.6) is 5.75 Å². The first-order chi connectivity index (χ1) is 30.7. The van der Waals surface area contributed by atoms with E-state index in [0.29, 0.717) is 37.9 Å². The first-order valence-corrected chi connectivity index (χ1v) is 25.7. The molecule has 3 aromatic carbocycles. The van der Waals surface area contributed by atoms with E-state index in [1.807, 2.05) is 74.5 Å². The summed E-state index contributed by atoms with van der Waals surface area (Å²) >= 11 is 0.